The molecule has 2 aromatic rings. The molecule has 0 atom stereocenters. The number of aromatic nitrogens is 1. The molecule has 2 heteroatoms. The summed E-state index contributed by atoms with van der Waals surface area (Å²) >= 11 is 0. The third kappa shape index (κ3) is 3.41. The average Bonchev–Trinajstić information content (AvgIpc) is 2.38. The van der Waals surface area contributed by atoms with Crippen LogP contribution in [0.25, 0.3) is 17.0 Å². The number of rotatable bonds is 5. The molecule has 94 valence electrons. The Balaban J connectivity index is 2.08. The first-order valence-corrected chi connectivity index (χ1v) is 6.54. The van der Waals surface area contributed by atoms with Crippen LogP contribution in [0, 0.1) is 6.92 Å². The van der Waals surface area contributed by atoms with E-state index in [1.54, 1.807) is 0 Å². The van der Waals surface area contributed by atoms with E-state index in [9.17, 15) is 0 Å². The van der Waals surface area contributed by atoms with Crippen molar-refractivity contribution in [1.29, 1.82) is 0 Å². The van der Waals surface area contributed by atoms with E-state index < -0.39 is 0 Å². The van der Waals surface area contributed by atoms with Gasteiger partial charge >= 0.3 is 0 Å². The molecule has 0 aliphatic carbocycles. The molecule has 0 bridgehead atoms. The Morgan fingerprint density at radius 3 is 2.94 bits per heavy atom. The molecule has 2 nitrogen and oxygen atoms in total. The summed E-state index contributed by atoms with van der Waals surface area (Å²) in [6, 6.07) is 10.6. The minimum atomic E-state index is 1.04. The molecule has 0 aliphatic heterocycles. The van der Waals surface area contributed by atoms with Crippen LogP contribution in [0.4, 0.5) is 0 Å². The summed E-state index contributed by atoms with van der Waals surface area (Å²) in [7, 11) is 0. The van der Waals surface area contributed by atoms with Crippen LogP contribution in [0.15, 0.2) is 36.4 Å². The fourth-order valence-electron chi connectivity index (χ4n) is 1.93. The van der Waals surface area contributed by atoms with Gasteiger partial charge in [-0.2, -0.15) is 0 Å². The van der Waals surface area contributed by atoms with E-state index >= 15 is 0 Å². The summed E-state index contributed by atoms with van der Waals surface area (Å²) in [6.45, 7) is 6.23. The fraction of sp³-hybridized carbons (Fsp3) is 0.312. The first kappa shape index (κ1) is 12.8. The number of nitrogens with one attached hydrogen (secondary N) is 1. The first-order valence-electron chi connectivity index (χ1n) is 6.54. The summed E-state index contributed by atoms with van der Waals surface area (Å²) in [4.78, 5) is 4.50. The summed E-state index contributed by atoms with van der Waals surface area (Å²) in [6.07, 6.45) is 5.46. The van der Waals surface area contributed by atoms with Crippen molar-refractivity contribution in [2.75, 3.05) is 13.1 Å². The minimum absolute atomic E-state index is 1.04. The number of nitrogens with zero attached hydrogens (tertiary/aromatic N) is 1. The van der Waals surface area contributed by atoms with Crippen molar-refractivity contribution in [3.8, 4) is 0 Å². The quantitative estimate of drug-likeness (QED) is 0.808. The molecule has 0 radical (unpaired) electrons. The second kappa shape index (κ2) is 6.31. The van der Waals surface area contributed by atoms with Gasteiger partial charge in [-0.15, -0.1) is 0 Å². The molecule has 0 unspecified atom stereocenters. The predicted octanol–water partition coefficient (Wildman–Crippen LogP) is 3.56. The highest BCUT2D eigenvalue weighted by atomic mass is 14.8. The van der Waals surface area contributed by atoms with Crippen LogP contribution in [0.1, 0.15) is 24.6 Å². The molecule has 0 saturated carbocycles. The monoisotopic (exact) mass is 240 g/mol. The zero-order valence-electron chi connectivity index (χ0n) is 11.1. The van der Waals surface area contributed by atoms with Gasteiger partial charge in [-0.1, -0.05) is 31.2 Å². The smallest absolute Gasteiger partial charge is 0.0705 e. The summed E-state index contributed by atoms with van der Waals surface area (Å²) < 4.78 is 0. The molecule has 1 N–H and O–H groups in total. The summed E-state index contributed by atoms with van der Waals surface area (Å²) in [5.41, 5.74) is 3.38. The molecule has 18 heavy (non-hydrogen) atoms. The van der Waals surface area contributed by atoms with Gasteiger partial charge in [0.15, 0.2) is 0 Å². The largest absolute Gasteiger partial charge is 0.317 e. The van der Waals surface area contributed by atoms with Crippen LogP contribution in [-0.4, -0.2) is 18.1 Å². The molecule has 1 aromatic heterocycles. The number of hydrogen-bond donors (Lipinski definition) is 1. The minimum Gasteiger partial charge on any atom is -0.317 e. The molecule has 0 fully saturated rings. The second-order valence-electron chi connectivity index (χ2n) is 4.45. The number of aryl methyl sites for hydroxylation is 1. The van der Waals surface area contributed by atoms with Crippen LogP contribution in [0.5, 0.6) is 0 Å². The SMILES string of the molecule is CCNCC/C=C/c1ccc2nc(C)ccc2c1. The lowest BCUT2D eigenvalue weighted by Gasteiger charge is -2.01. The van der Waals surface area contributed by atoms with E-state index in [0.29, 0.717) is 0 Å². The molecule has 0 spiro atoms. The van der Waals surface area contributed by atoms with E-state index in [4.69, 9.17) is 0 Å². The van der Waals surface area contributed by atoms with Gasteiger partial charge in [-0.3, -0.25) is 4.98 Å². The Morgan fingerprint density at radius 1 is 1.22 bits per heavy atom. The van der Waals surface area contributed by atoms with E-state index in [0.717, 1.165) is 30.7 Å². The molecular formula is C16H20N2. The van der Waals surface area contributed by atoms with E-state index in [-0.39, 0.29) is 0 Å². The van der Waals surface area contributed by atoms with Gasteiger partial charge in [-0.05, 0) is 50.2 Å². The highest BCUT2D eigenvalue weighted by molar-refractivity contribution is 5.81. The molecule has 2 rings (SSSR count). The number of benzene rings is 1. The van der Waals surface area contributed by atoms with Gasteiger partial charge in [0.1, 0.15) is 0 Å². The predicted molar refractivity (Wildman–Crippen MR) is 78.7 cm³/mol. The summed E-state index contributed by atoms with van der Waals surface area (Å²) in [5.74, 6) is 0. The van der Waals surface area contributed by atoms with E-state index in [1.807, 2.05) is 6.92 Å². The Kier molecular flexibility index (Phi) is 4.48. The van der Waals surface area contributed by atoms with Crippen LogP contribution in [-0.2, 0) is 0 Å². The van der Waals surface area contributed by atoms with Gasteiger partial charge in [0.2, 0.25) is 0 Å². The molecule has 1 heterocycles. The molecule has 0 aliphatic rings. The van der Waals surface area contributed by atoms with E-state index in [1.165, 1.54) is 10.9 Å². The maximum Gasteiger partial charge on any atom is 0.0705 e. The Labute approximate surface area is 109 Å². The molecular weight excluding hydrogens is 220 g/mol. The van der Waals surface area contributed by atoms with Gasteiger partial charge in [-0.25, -0.2) is 0 Å². The van der Waals surface area contributed by atoms with Crippen molar-refractivity contribution in [3.05, 3.63) is 47.7 Å². The highest BCUT2D eigenvalue weighted by Crippen LogP contribution is 2.15. The van der Waals surface area contributed by atoms with Crippen molar-refractivity contribution < 1.29 is 0 Å². The van der Waals surface area contributed by atoms with Crippen LogP contribution < -0.4 is 5.32 Å². The maximum atomic E-state index is 4.50. The van der Waals surface area contributed by atoms with Crippen molar-refractivity contribution >= 4 is 17.0 Å². The number of fused-ring (bicyclic) bond motifs is 1. The number of pyridine rings is 1. The molecule has 1 aromatic carbocycles. The van der Waals surface area contributed by atoms with Crippen molar-refractivity contribution in [2.24, 2.45) is 0 Å². The lowest BCUT2D eigenvalue weighted by atomic mass is 10.1. The zero-order chi connectivity index (χ0) is 12.8. The van der Waals surface area contributed by atoms with Crippen molar-refractivity contribution in [2.45, 2.75) is 20.3 Å². The molecule has 0 saturated heterocycles. The Morgan fingerprint density at radius 2 is 2.11 bits per heavy atom. The van der Waals surface area contributed by atoms with Crippen molar-refractivity contribution in [3.63, 3.8) is 0 Å². The van der Waals surface area contributed by atoms with Gasteiger partial charge in [0, 0.05) is 11.1 Å². The normalized spacial score (nSPS) is 11.4. The molecule has 0 amide bonds. The van der Waals surface area contributed by atoms with Gasteiger partial charge < -0.3 is 5.32 Å². The lowest BCUT2D eigenvalue weighted by Crippen LogP contribution is -2.12. The number of hydrogen-bond acceptors (Lipinski definition) is 2. The van der Waals surface area contributed by atoms with Crippen molar-refractivity contribution in [1.82, 2.24) is 10.3 Å². The first-order chi connectivity index (χ1) is 8.79. The van der Waals surface area contributed by atoms with E-state index in [2.05, 4.69) is 59.7 Å². The Bertz CT molecular complexity index is 544. The van der Waals surface area contributed by atoms with Gasteiger partial charge in [0.25, 0.3) is 0 Å². The highest BCUT2D eigenvalue weighted by Gasteiger charge is 1.95. The van der Waals surface area contributed by atoms with Gasteiger partial charge in [0.05, 0.1) is 5.52 Å². The van der Waals surface area contributed by atoms with Crippen LogP contribution in [0.3, 0.4) is 0 Å². The maximum absolute atomic E-state index is 4.50. The van der Waals surface area contributed by atoms with Crippen LogP contribution >= 0.6 is 0 Å². The lowest BCUT2D eigenvalue weighted by molar-refractivity contribution is 0.727. The standard InChI is InChI=1S/C16H20N2/c1-3-17-11-5-4-6-14-8-10-16-15(12-14)9-7-13(2)18-16/h4,6-10,12,17H,3,5,11H2,1-2H3/b6-4+. The third-order valence-corrected chi connectivity index (χ3v) is 2.90. The fourth-order valence-corrected chi connectivity index (χ4v) is 1.93. The van der Waals surface area contributed by atoms with Crippen LogP contribution in [0.2, 0.25) is 0 Å². The third-order valence-electron chi connectivity index (χ3n) is 2.90. The second-order valence-corrected chi connectivity index (χ2v) is 4.45. The topological polar surface area (TPSA) is 24.9 Å². The summed E-state index contributed by atoms with van der Waals surface area (Å²) in [5, 5.41) is 4.51. The zero-order valence-corrected chi connectivity index (χ0v) is 11.1. The Hall–Kier alpha value is -1.67. The average molecular weight is 240 g/mol.